The fourth-order valence-electron chi connectivity index (χ4n) is 2.18. The number of hydrogen-bond acceptors (Lipinski definition) is 4. The number of carboxylic acids is 1. The standard InChI is InChI=1S/C15H16FN3O4/c1-18-13(20)7-6-12(17-18)15(23)19(9-14(21)22)8-10-2-4-11(16)5-3-10/h2-5H,6-9H2,1H3,(H,21,22). The van der Waals surface area contributed by atoms with Gasteiger partial charge in [-0.2, -0.15) is 5.10 Å². The van der Waals surface area contributed by atoms with Gasteiger partial charge in [-0.15, -0.1) is 0 Å². The van der Waals surface area contributed by atoms with Crippen molar-refractivity contribution in [2.75, 3.05) is 13.6 Å². The van der Waals surface area contributed by atoms with Crippen molar-refractivity contribution in [1.82, 2.24) is 9.91 Å². The second kappa shape index (κ2) is 6.99. The summed E-state index contributed by atoms with van der Waals surface area (Å²) < 4.78 is 12.9. The van der Waals surface area contributed by atoms with Crippen LogP contribution in [0.1, 0.15) is 18.4 Å². The maximum atomic E-state index is 12.9. The molecule has 0 saturated carbocycles. The molecule has 2 amide bonds. The summed E-state index contributed by atoms with van der Waals surface area (Å²) in [6.07, 6.45) is 0.320. The minimum atomic E-state index is -1.17. The topological polar surface area (TPSA) is 90.3 Å². The molecule has 0 aromatic heterocycles. The van der Waals surface area contributed by atoms with Gasteiger partial charge in [-0.05, 0) is 17.7 Å². The SMILES string of the molecule is CN1N=C(C(=O)N(CC(=O)O)Cc2ccc(F)cc2)CCC1=O. The smallest absolute Gasteiger partial charge is 0.323 e. The highest BCUT2D eigenvalue weighted by Crippen LogP contribution is 2.12. The van der Waals surface area contributed by atoms with Crippen molar-refractivity contribution in [1.29, 1.82) is 0 Å². The van der Waals surface area contributed by atoms with Crippen LogP contribution in [0.5, 0.6) is 0 Å². The summed E-state index contributed by atoms with van der Waals surface area (Å²) in [5.74, 6) is -2.33. The molecule has 0 spiro atoms. The zero-order valence-corrected chi connectivity index (χ0v) is 12.5. The molecule has 1 aliphatic rings. The van der Waals surface area contributed by atoms with E-state index >= 15 is 0 Å². The van der Waals surface area contributed by atoms with Crippen LogP contribution in [0.2, 0.25) is 0 Å². The van der Waals surface area contributed by atoms with Crippen molar-refractivity contribution in [3.05, 3.63) is 35.6 Å². The average Bonchev–Trinajstić information content (AvgIpc) is 2.50. The minimum Gasteiger partial charge on any atom is -0.480 e. The summed E-state index contributed by atoms with van der Waals surface area (Å²) in [6.45, 7) is -0.491. The van der Waals surface area contributed by atoms with Gasteiger partial charge in [-0.25, -0.2) is 9.40 Å². The number of carbonyl (C=O) groups is 3. The Labute approximate surface area is 132 Å². The first kappa shape index (κ1) is 16.6. The first-order chi connectivity index (χ1) is 10.9. The van der Waals surface area contributed by atoms with Crippen LogP contribution in [0.3, 0.4) is 0 Å². The molecule has 1 N–H and O–H groups in total. The molecule has 8 heteroatoms. The fraction of sp³-hybridized carbons (Fsp3) is 0.333. The third-order valence-corrected chi connectivity index (χ3v) is 3.35. The normalized spacial score (nSPS) is 14.4. The fourth-order valence-corrected chi connectivity index (χ4v) is 2.18. The van der Waals surface area contributed by atoms with Crippen LogP contribution in [-0.4, -0.2) is 52.1 Å². The van der Waals surface area contributed by atoms with E-state index in [1.54, 1.807) is 0 Å². The summed E-state index contributed by atoms with van der Waals surface area (Å²) in [5.41, 5.74) is 0.734. The Balaban J connectivity index is 2.18. The molecule has 1 aliphatic heterocycles. The Morgan fingerprint density at radius 1 is 1.30 bits per heavy atom. The van der Waals surface area contributed by atoms with Crippen LogP contribution in [-0.2, 0) is 20.9 Å². The number of halogens is 1. The Bertz CT molecular complexity index is 657. The van der Waals surface area contributed by atoms with Gasteiger partial charge >= 0.3 is 5.97 Å². The van der Waals surface area contributed by atoms with Gasteiger partial charge in [0.2, 0.25) is 5.91 Å². The van der Waals surface area contributed by atoms with Gasteiger partial charge in [0.05, 0.1) is 0 Å². The zero-order chi connectivity index (χ0) is 17.0. The van der Waals surface area contributed by atoms with Crippen molar-refractivity contribution in [2.45, 2.75) is 19.4 Å². The summed E-state index contributed by atoms with van der Waals surface area (Å²) >= 11 is 0. The van der Waals surface area contributed by atoms with Gasteiger partial charge in [0.15, 0.2) is 0 Å². The number of carboxylic acid groups (broad SMARTS) is 1. The number of nitrogens with zero attached hydrogens (tertiary/aromatic N) is 3. The highest BCUT2D eigenvalue weighted by atomic mass is 19.1. The molecule has 1 heterocycles. The van der Waals surface area contributed by atoms with Crippen LogP contribution in [0.15, 0.2) is 29.4 Å². The molecule has 7 nitrogen and oxygen atoms in total. The third kappa shape index (κ3) is 4.35. The van der Waals surface area contributed by atoms with Crippen LogP contribution in [0.4, 0.5) is 4.39 Å². The van der Waals surface area contributed by atoms with Crippen molar-refractivity contribution in [2.24, 2.45) is 5.10 Å². The van der Waals surface area contributed by atoms with Gasteiger partial charge in [0.1, 0.15) is 18.1 Å². The molecular formula is C15H16FN3O4. The molecular weight excluding hydrogens is 305 g/mol. The van der Waals surface area contributed by atoms with E-state index in [0.29, 0.717) is 5.56 Å². The molecule has 0 aliphatic carbocycles. The quantitative estimate of drug-likeness (QED) is 0.870. The molecule has 0 saturated heterocycles. The van der Waals surface area contributed by atoms with E-state index in [-0.39, 0.29) is 31.0 Å². The lowest BCUT2D eigenvalue weighted by Crippen LogP contribution is -2.42. The van der Waals surface area contributed by atoms with Gasteiger partial charge in [0, 0.05) is 26.4 Å². The summed E-state index contributed by atoms with van der Waals surface area (Å²) in [7, 11) is 1.44. The lowest BCUT2D eigenvalue weighted by molar-refractivity contribution is -0.142. The Morgan fingerprint density at radius 3 is 2.52 bits per heavy atom. The van der Waals surface area contributed by atoms with E-state index in [2.05, 4.69) is 5.10 Å². The lowest BCUT2D eigenvalue weighted by atomic mass is 10.1. The molecule has 2 rings (SSSR count). The van der Waals surface area contributed by atoms with Crippen LogP contribution in [0.25, 0.3) is 0 Å². The van der Waals surface area contributed by atoms with Crippen molar-refractivity contribution in [3.63, 3.8) is 0 Å². The maximum Gasteiger partial charge on any atom is 0.323 e. The Hall–Kier alpha value is -2.77. The highest BCUT2D eigenvalue weighted by Gasteiger charge is 2.27. The number of rotatable bonds is 5. The number of amides is 2. The molecule has 1 aromatic carbocycles. The Morgan fingerprint density at radius 2 is 1.96 bits per heavy atom. The first-order valence-corrected chi connectivity index (χ1v) is 6.96. The summed E-state index contributed by atoms with van der Waals surface area (Å²) in [5, 5.41) is 14.0. The maximum absolute atomic E-state index is 12.9. The van der Waals surface area contributed by atoms with E-state index < -0.39 is 24.2 Å². The molecule has 0 bridgehead atoms. The summed E-state index contributed by atoms with van der Waals surface area (Å²) in [6, 6.07) is 5.44. The van der Waals surface area contributed by atoms with E-state index in [0.717, 1.165) is 9.91 Å². The molecule has 122 valence electrons. The number of hydrogen-bond donors (Lipinski definition) is 1. The van der Waals surface area contributed by atoms with Gasteiger partial charge in [-0.1, -0.05) is 12.1 Å². The van der Waals surface area contributed by atoms with Crippen LogP contribution < -0.4 is 0 Å². The predicted octanol–water partition coefficient (Wildman–Crippen LogP) is 0.847. The lowest BCUT2D eigenvalue weighted by Gasteiger charge is -2.25. The molecule has 1 aromatic rings. The predicted molar refractivity (Wildman–Crippen MR) is 78.9 cm³/mol. The number of benzene rings is 1. The molecule has 0 unspecified atom stereocenters. The third-order valence-electron chi connectivity index (χ3n) is 3.35. The van der Waals surface area contributed by atoms with E-state index in [1.165, 1.54) is 31.3 Å². The van der Waals surface area contributed by atoms with Crippen molar-refractivity contribution >= 4 is 23.5 Å². The van der Waals surface area contributed by atoms with Gasteiger partial charge in [-0.3, -0.25) is 14.4 Å². The molecule has 23 heavy (non-hydrogen) atoms. The summed E-state index contributed by atoms with van der Waals surface area (Å²) in [4.78, 5) is 36.0. The van der Waals surface area contributed by atoms with E-state index in [4.69, 9.17) is 5.11 Å². The van der Waals surface area contributed by atoms with Gasteiger partial charge < -0.3 is 10.0 Å². The monoisotopic (exact) mass is 321 g/mol. The second-order valence-corrected chi connectivity index (χ2v) is 5.15. The molecule has 0 radical (unpaired) electrons. The largest absolute Gasteiger partial charge is 0.480 e. The van der Waals surface area contributed by atoms with E-state index in [9.17, 15) is 18.8 Å². The second-order valence-electron chi connectivity index (χ2n) is 5.15. The molecule has 0 atom stereocenters. The van der Waals surface area contributed by atoms with Crippen molar-refractivity contribution in [3.8, 4) is 0 Å². The number of carbonyl (C=O) groups excluding carboxylic acids is 2. The molecule has 0 fully saturated rings. The zero-order valence-electron chi connectivity index (χ0n) is 12.5. The van der Waals surface area contributed by atoms with Crippen LogP contribution in [0, 0.1) is 5.82 Å². The number of hydrazone groups is 1. The van der Waals surface area contributed by atoms with E-state index in [1.807, 2.05) is 0 Å². The first-order valence-electron chi connectivity index (χ1n) is 6.96. The minimum absolute atomic E-state index is 0.0160. The van der Waals surface area contributed by atoms with Crippen LogP contribution >= 0.6 is 0 Å². The highest BCUT2D eigenvalue weighted by molar-refractivity contribution is 6.39. The van der Waals surface area contributed by atoms with Gasteiger partial charge in [0.25, 0.3) is 5.91 Å². The Kier molecular flexibility index (Phi) is 5.05. The number of aliphatic carboxylic acids is 1. The average molecular weight is 321 g/mol. The van der Waals surface area contributed by atoms with Crippen molar-refractivity contribution < 1.29 is 23.9 Å².